The highest BCUT2D eigenvalue weighted by molar-refractivity contribution is 7.99. The lowest BCUT2D eigenvalue weighted by molar-refractivity contribution is 0.0973. The maximum Gasteiger partial charge on any atom is 0.257 e. The van der Waals surface area contributed by atoms with Crippen LogP contribution in [0.15, 0.2) is 51.5 Å². The van der Waals surface area contributed by atoms with Gasteiger partial charge < -0.3 is 19.2 Å². The predicted molar refractivity (Wildman–Crippen MR) is 150 cm³/mol. The highest BCUT2D eigenvalue weighted by Gasteiger charge is 2.52. The molecule has 2 N–H and O–H groups in total. The first kappa shape index (κ1) is 26.8. The molecule has 5 rings (SSSR count). The molecule has 2 aliphatic heterocycles. The Bertz CT molecular complexity index is 1320. The monoisotopic (exact) mass is 561 g/mol. The number of nitrogens with one attached hydrogen (secondary N) is 2. The molecule has 37 heavy (non-hydrogen) atoms. The number of nitrogens with zero attached hydrogens (tertiary/aromatic N) is 3. The van der Waals surface area contributed by atoms with Crippen LogP contribution in [0.5, 0.6) is 0 Å². The Kier molecular flexibility index (Phi) is 7.52. The van der Waals surface area contributed by atoms with Crippen LogP contribution < -0.4 is 15.2 Å². The van der Waals surface area contributed by atoms with Crippen LogP contribution in [-0.4, -0.2) is 56.1 Å². The molecule has 4 heterocycles. The number of hydrogen-bond donors (Lipinski definition) is 2. The Morgan fingerprint density at radius 1 is 1.24 bits per heavy atom. The number of piperidine rings is 1. The lowest BCUT2D eigenvalue weighted by Gasteiger charge is -2.43. The molecular formula is C26H32ClN5O3S2. The van der Waals surface area contributed by atoms with E-state index in [1.165, 1.54) is 11.8 Å². The van der Waals surface area contributed by atoms with Crippen molar-refractivity contribution in [1.29, 1.82) is 0 Å². The number of aromatic amines is 1. The van der Waals surface area contributed by atoms with Gasteiger partial charge in [0.15, 0.2) is 0 Å². The van der Waals surface area contributed by atoms with E-state index in [4.69, 9.17) is 16.3 Å². The van der Waals surface area contributed by atoms with Crippen LogP contribution in [0.3, 0.4) is 0 Å². The molecule has 1 spiro atoms. The van der Waals surface area contributed by atoms with Gasteiger partial charge >= 0.3 is 0 Å². The summed E-state index contributed by atoms with van der Waals surface area (Å²) >= 11 is 6.79. The van der Waals surface area contributed by atoms with Gasteiger partial charge in [0, 0.05) is 41.0 Å². The molecule has 0 aliphatic carbocycles. The number of H-pyrrole nitrogens is 1. The van der Waals surface area contributed by atoms with Gasteiger partial charge in [-0.1, -0.05) is 29.4 Å². The van der Waals surface area contributed by atoms with Crippen LogP contribution in [0.4, 0.5) is 5.82 Å². The van der Waals surface area contributed by atoms with Crippen molar-refractivity contribution >= 4 is 51.3 Å². The zero-order valence-corrected chi connectivity index (χ0v) is 23.8. The summed E-state index contributed by atoms with van der Waals surface area (Å²) < 4.78 is 22.0. The summed E-state index contributed by atoms with van der Waals surface area (Å²) in [7, 11) is 0. The van der Waals surface area contributed by atoms with Gasteiger partial charge in [-0.25, -0.2) is 9.97 Å². The van der Waals surface area contributed by atoms with Crippen molar-refractivity contribution in [2.24, 2.45) is 5.41 Å². The number of benzene rings is 1. The summed E-state index contributed by atoms with van der Waals surface area (Å²) in [6.45, 7) is 10.4. The summed E-state index contributed by atoms with van der Waals surface area (Å²) in [5, 5.41) is 2.40. The van der Waals surface area contributed by atoms with Crippen LogP contribution in [0.25, 0.3) is 10.8 Å². The summed E-state index contributed by atoms with van der Waals surface area (Å²) in [6, 6.07) is 5.67. The van der Waals surface area contributed by atoms with Crippen molar-refractivity contribution in [2.45, 2.75) is 67.4 Å². The number of halogens is 1. The SMILES string of the molecule is C[C@@H]1OCC2(CCN(c3cnc(Sc4ccc5cc[nH]c(=O)c5c4Cl)cn3)CC2)[C@@H]1N[S+]([O-])C(C)(C)C. The van der Waals surface area contributed by atoms with E-state index in [1.54, 1.807) is 18.6 Å². The first-order chi connectivity index (χ1) is 17.6. The van der Waals surface area contributed by atoms with Crippen LogP contribution in [-0.2, 0) is 16.1 Å². The third-order valence-corrected chi connectivity index (χ3v) is 10.4. The van der Waals surface area contributed by atoms with Crippen molar-refractivity contribution < 1.29 is 9.29 Å². The fraction of sp³-hybridized carbons (Fsp3) is 0.500. The summed E-state index contributed by atoms with van der Waals surface area (Å²) in [5.41, 5.74) is -0.247. The summed E-state index contributed by atoms with van der Waals surface area (Å²) in [4.78, 5) is 27.2. The van der Waals surface area contributed by atoms with Gasteiger partial charge in [0.2, 0.25) is 0 Å². The van der Waals surface area contributed by atoms with E-state index in [0.29, 0.717) is 22.0 Å². The number of rotatable bonds is 5. The average Bonchev–Trinajstić information content (AvgIpc) is 3.16. The smallest absolute Gasteiger partial charge is 0.257 e. The zero-order chi connectivity index (χ0) is 26.4. The van der Waals surface area contributed by atoms with Crippen molar-refractivity contribution in [3.63, 3.8) is 0 Å². The van der Waals surface area contributed by atoms with E-state index in [2.05, 4.69) is 31.5 Å². The van der Waals surface area contributed by atoms with Gasteiger partial charge in [-0.3, -0.25) is 4.79 Å². The van der Waals surface area contributed by atoms with E-state index in [0.717, 1.165) is 42.0 Å². The molecule has 8 nitrogen and oxygen atoms in total. The lowest BCUT2D eigenvalue weighted by Crippen LogP contribution is -2.56. The molecule has 3 atom stereocenters. The number of pyridine rings is 1. The molecule has 198 valence electrons. The van der Waals surface area contributed by atoms with E-state index in [-0.39, 0.29) is 27.9 Å². The Morgan fingerprint density at radius 3 is 2.68 bits per heavy atom. The zero-order valence-electron chi connectivity index (χ0n) is 21.4. The molecule has 2 aromatic heterocycles. The quantitative estimate of drug-likeness (QED) is 0.437. The van der Waals surface area contributed by atoms with E-state index in [1.807, 2.05) is 39.0 Å². The lowest BCUT2D eigenvalue weighted by atomic mass is 9.73. The molecule has 11 heteroatoms. The van der Waals surface area contributed by atoms with Gasteiger partial charge in [0.25, 0.3) is 5.56 Å². The second-order valence-electron chi connectivity index (χ2n) is 10.8. The second kappa shape index (κ2) is 10.4. The van der Waals surface area contributed by atoms with Crippen LogP contribution in [0, 0.1) is 5.41 Å². The van der Waals surface area contributed by atoms with Gasteiger partial charge in [-0.2, -0.15) is 0 Å². The van der Waals surface area contributed by atoms with Gasteiger partial charge in [0.1, 0.15) is 15.6 Å². The highest BCUT2D eigenvalue weighted by atomic mass is 35.5. The molecule has 0 amide bonds. The molecule has 0 bridgehead atoms. The first-order valence-electron chi connectivity index (χ1n) is 12.4. The van der Waals surface area contributed by atoms with Crippen molar-refractivity contribution in [3.05, 3.63) is 52.2 Å². The normalized spacial score (nSPS) is 22.6. The van der Waals surface area contributed by atoms with Gasteiger partial charge in [-0.05, 0) is 58.1 Å². The van der Waals surface area contributed by atoms with E-state index in [9.17, 15) is 9.35 Å². The minimum atomic E-state index is -1.15. The second-order valence-corrected chi connectivity index (χ2v) is 14.2. The Labute approximate surface area is 229 Å². The standard InChI is InChI=1S/C26H32ClN5O3S2/c1-16-23(31-37(34)25(2,3)4)26(15-35-16)8-11-32(12-9-26)19-13-30-20(14-29-19)36-18-6-5-17-7-10-28-24(33)21(17)22(18)27/h5-7,10,13-14,16,23,31H,8-9,11-12,15H2,1-4H3,(H,28,33)/t16-,23+,37?/m0/s1. The van der Waals surface area contributed by atoms with Crippen molar-refractivity contribution in [2.75, 3.05) is 24.6 Å². The fourth-order valence-corrected chi connectivity index (χ4v) is 7.23. The number of ether oxygens (including phenoxy) is 1. The number of aromatic nitrogens is 3. The fourth-order valence-electron chi connectivity index (χ4n) is 5.07. The summed E-state index contributed by atoms with van der Waals surface area (Å²) in [5.74, 6) is 0.829. The molecule has 2 fully saturated rings. The van der Waals surface area contributed by atoms with E-state index < -0.39 is 11.4 Å². The molecule has 2 aliphatic rings. The number of fused-ring (bicyclic) bond motifs is 1. The topological polar surface area (TPSA) is 106 Å². The Hall–Kier alpha value is -1.82. The predicted octanol–water partition coefficient (Wildman–Crippen LogP) is 4.55. The molecular weight excluding hydrogens is 530 g/mol. The molecule has 1 unspecified atom stereocenters. The maximum absolute atomic E-state index is 12.8. The van der Waals surface area contributed by atoms with Gasteiger partial charge in [-0.15, -0.1) is 4.72 Å². The molecule has 0 radical (unpaired) electrons. The molecule has 3 aromatic rings. The maximum atomic E-state index is 12.8. The molecule has 2 saturated heterocycles. The van der Waals surface area contributed by atoms with Crippen LogP contribution in [0.1, 0.15) is 40.5 Å². The molecule has 0 saturated carbocycles. The van der Waals surface area contributed by atoms with Gasteiger partial charge in [0.05, 0.1) is 41.6 Å². The van der Waals surface area contributed by atoms with Crippen LogP contribution >= 0.6 is 23.4 Å². The van der Waals surface area contributed by atoms with E-state index >= 15 is 0 Å². The largest absolute Gasteiger partial charge is 0.598 e. The third kappa shape index (κ3) is 5.37. The third-order valence-electron chi connectivity index (χ3n) is 7.31. The first-order valence-corrected chi connectivity index (χ1v) is 14.8. The van der Waals surface area contributed by atoms with Crippen LogP contribution in [0.2, 0.25) is 5.02 Å². The minimum absolute atomic E-state index is 0.0199. The minimum Gasteiger partial charge on any atom is -0.598 e. The number of hydrogen-bond acceptors (Lipinski definition) is 8. The van der Waals surface area contributed by atoms with Crippen molar-refractivity contribution in [3.8, 4) is 0 Å². The molecule has 1 aromatic carbocycles. The Morgan fingerprint density at radius 2 is 2.00 bits per heavy atom. The number of anilines is 1. The Balaban J connectivity index is 1.25. The highest BCUT2D eigenvalue weighted by Crippen LogP contribution is 2.43. The van der Waals surface area contributed by atoms with Crippen molar-refractivity contribution in [1.82, 2.24) is 19.7 Å². The summed E-state index contributed by atoms with van der Waals surface area (Å²) in [6.07, 6.45) is 7.03. The average molecular weight is 562 g/mol.